The molecule has 2 N–H and O–H groups in total. The summed E-state index contributed by atoms with van der Waals surface area (Å²) in [6.07, 6.45) is 4.86. The maximum Gasteiger partial charge on any atom is 0.0653 e. The van der Waals surface area contributed by atoms with Crippen molar-refractivity contribution in [2.24, 2.45) is 16.7 Å². The molecule has 0 saturated heterocycles. The van der Waals surface area contributed by atoms with Gasteiger partial charge in [-0.1, -0.05) is 13.8 Å². The molecule has 0 aromatic rings. The summed E-state index contributed by atoms with van der Waals surface area (Å²) in [7, 11) is 0. The lowest BCUT2D eigenvalue weighted by Crippen LogP contribution is -2.48. The van der Waals surface area contributed by atoms with Crippen LogP contribution in [0.25, 0.3) is 0 Å². The minimum Gasteiger partial charge on any atom is -0.393 e. The standard InChI is InChI=1S/C13H24O2/c1-9-4-5-12(3)6-7-13(9,11(12)15)8-10(2)14/h9-11,14-15H,4-8H2,1-3H3. The summed E-state index contributed by atoms with van der Waals surface area (Å²) in [6, 6.07) is 0. The topological polar surface area (TPSA) is 40.5 Å². The molecule has 0 amide bonds. The van der Waals surface area contributed by atoms with Crippen molar-refractivity contribution in [2.45, 2.75) is 65.1 Å². The van der Waals surface area contributed by atoms with Crippen LogP contribution in [0.3, 0.4) is 0 Å². The van der Waals surface area contributed by atoms with Crippen LogP contribution in [0.5, 0.6) is 0 Å². The fraction of sp³-hybridized carbons (Fsp3) is 1.00. The Bertz CT molecular complexity index is 251. The summed E-state index contributed by atoms with van der Waals surface area (Å²) >= 11 is 0. The molecule has 2 bridgehead atoms. The summed E-state index contributed by atoms with van der Waals surface area (Å²) in [5.41, 5.74) is 0.128. The lowest BCUT2D eigenvalue weighted by atomic mass is 9.60. The number of hydrogen-bond acceptors (Lipinski definition) is 2. The molecule has 0 radical (unpaired) electrons. The molecule has 0 heterocycles. The zero-order valence-electron chi connectivity index (χ0n) is 10.2. The van der Waals surface area contributed by atoms with Gasteiger partial charge in [-0.25, -0.2) is 0 Å². The van der Waals surface area contributed by atoms with E-state index >= 15 is 0 Å². The van der Waals surface area contributed by atoms with Crippen molar-refractivity contribution in [1.82, 2.24) is 0 Å². The second kappa shape index (κ2) is 3.46. The van der Waals surface area contributed by atoms with Crippen molar-refractivity contribution in [1.29, 1.82) is 0 Å². The average Bonchev–Trinajstić information content (AvgIpc) is 2.31. The Morgan fingerprint density at radius 3 is 2.60 bits per heavy atom. The summed E-state index contributed by atoms with van der Waals surface area (Å²) in [5, 5.41) is 20.2. The third kappa shape index (κ3) is 1.53. The molecule has 2 saturated carbocycles. The van der Waals surface area contributed by atoms with Crippen molar-refractivity contribution in [3.05, 3.63) is 0 Å². The lowest BCUT2D eigenvalue weighted by molar-refractivity contribution is -0.0978. The molecule has 5 unspecified atom stereocenters. The molecule has 2 heteroatoms. The first kappa shape index (κ1) is 11.4. The Morgan fingerprint density at radius 2 is 2.00 bits per heavy atom. The van der Waals surface area contributed by atoms with Crippen LogP contribution in [-0.2, 0) is 0 Å². The number of aliphatic hydroxyl groups excluding tert-OH is 2. The Labute approximate surface area is 92.7 Å². The van der Waals surface area contributed by atoms with E-state index < -0.39 is 0 Å². The molecule has 88 valence electrons. The number of aliphatic hydroxyl groups is 2. The van der Waals surface area contributed by atoms with Crippen molar-refractivity contribution in [2.75, 3.05) is 0 Å². The zero-order chi connectivity index (χ0) is 11.3. The average molecular weight is 212 g/mol. The number of fused-ring (bicyclic) bond motifs is 2. The van der Waals surface area contributed by atoms with Crippen molar-refractivity contribution < 1.29 is 10.2 Å². The molecule has 2 fully saturated rings. The molecule has 15 heavy (non-hydrogen) atoms. The molecule has 2 nitrogen and oxygen atoms in total. The monoisotopic (exact) mass is 212 g/mol. The first-order valence-corrected chi connectivity index (χ1v) is 6.27. The first-order chi connectivity index (χ1) is 6.91. The summed E-state index contributed by atoms with van der Waals surface area (Å²) in [6.45, 7) is 6.31. The van der Waals surface area contributed by atoms with Gasteiger partial charge in [-0.15, -0.1) is 0 Å². The van der Waals surface area contributed by atoms with Gasteiger partial charge in [0.2, 0.25) is 0 Å². The highest BCUT2D eigenvalue weighted by Crippen LogP contribution is 2.62. The van der Waals surface area contributed by atoms with Crippen molar-refractivity contribution in [3.63, 3.8) is 0 Å². The van der Waals surface area contributed by atoms with E-state index in [4.69, 9.17) is 0 Å². The molecule has 2 aliphatic rings. The zero-order valence-corrected chi connectivity index (χ0v) is 10.2. The Kier molecular flexibility index (Phi) is 2.63. The third-order valence-electron chi connectivity index (χ3n) is 5.17. The molecular formula is C13H24O2. The van der Waals surface area contributed by atoms with Gasteiger partial charge in [0.15, 0.2) is 0 Å². The fourth-order valence-corrected chi connectivity index (χ4v) is 4.06. The lowest BCUT2D eigenvalue weighted by Gasteiger charge is -2.48. The number of hydrogen-bond donors (Lipinski definition) is 2. The van der Waals surface area contributed by atoms with E-state index in [-0.39, 0.29) is 23.0 Å². The second-order valence-corrected chi connectivity index (χ2v) is 6.28. The normalized spacial score (nSPS) is 51.8. The third-order valence-corrected chi connectivity index (χ3v) is 5.17. The Hall–Kier alpha value is -0.0800. The van der Waals surface area contributed by atoms with Gasteiger partial charge in [-0.2, -0.15) is 0 Å². The molecular weight excluding hydrogens is 188 g/mol. The predicted octanol–water partition coefficient (Wildman–Crippen LogP) is 2.33. The second-order valence-electron chi connectivity index (χ2n) is 6.28. The van der Waals surface area contributed by atoms with Crippen molar-refractivity contribution >= 4 is 0 Å². The van der Waals surface area contributed by atoms with E-state index in [0.717, 1.165) is 25.7 Å². The maximum absolute atomic E-state index is 10.5. The predicted molar refractivity (Wildman–Crippen MR) is 60.5 cm³/mol. The highest BCUT2D eigenvalue weighted by atomic mass is 16.3. The molecule has 0 aromatic carbocycles. The summed E-state index contributed by atoms with van der Waals surface area (Å²) < 4.78 is 0. The fourth-order valence-electron chi connectivity index (χ4n) is 4.06. The maximum atomic E-state index is 10.5. The highest BCUT2D eigenvalue weighted by Gasteiger charge is 2.59. The molecule has 0 spiro atoms. The SMILES string of the molecule is CC(O)CC12CCC(C)(CCC1C)C2O. The summed E-state index contributed by atoms with van der Waals surface area (Å²) in [5.74, 6) is 0.553. The minimum absolute atomic E-state index is 0.00116. The van der Waals surface area contributed by atoms with Crippen LogP contribution in [0.2, 0.25) is 0 Å². The van der Waals surface area contributed by atoms with Gasteiger partial charge in [0.25, 0.3) is 0 Å². The molecule has 5 atom stereocenters. The van der Waals surface area contributed by atoms with Crippen LogP contribution >= 0.6 is 0 Å². The van der Waals surface area contributed by atoms with Gasteiger partial charge < -0.3 is 10.2 Å². The van der Waals surface area contributed by atoms with E-state index in [1.54, 1.807) is 0 Å². The van der Waals surface area contributed by atoms with Crippen LogP contribution in [-0.4, -0.2) is 22.4 Å². The van der Waals surface area contributed by atoms with Gasteiger partial charge in [0.05, 0.1) is 12.2 Å². The van der Waals surface area contributed by atoms with Crippen LogP contribution < -0.4 is 0 Å². The summed E-state index contributed by atoms with van der Waals surface area (Å²) in [4.78, 5) is 0. The van der Waals surface area contributed by atoms with E-state index in [1.165, 1.54) is 6.42 Å². The Morgan fingerprint density at radius 1 is 1.33 bits per heavy atom. The van der Waals surface area contributed by atoms with Crippen LogP contribution in [0.15, 0.2) is 0 Å². The van der Waals surface area contributed by atoms with E-state index in [1.807, 2.05) is 6.92 Å². The quantitative estimate of drug-likeness (QED) is 0.737. The van der Waals surface area contributed by atoms with Crippen LogP contribution in [0.1, 0.15) is 52.9 Å². The van der Waals surface area contributed by atoms with E-state index in [0.29, 0.717) is 5.92 Å². The smallest absolute Gasteiger partial charge is 0.0653 e. The number of rotatable bonds is 2. The first-order valence-electron chi connectivity index (χ1n) is 6.27. The van der Waals surface area contributed by atoms with Gasteiger partial charge >= 0.3 is 0 Å². The van der Waals surface area contributed by atoms with Crippen LogP contribution in [0.4, 0.5) is 0 Å². The minimum atomic E-state index is -0.289. The molecule has 2 aliphatic carbocycles. The van der Waals surface area contributed by atoms with Gasteiger partial charge in [-0.05, 0) is 50.4 Å². The van der Waals surface area contributed by atoms with Gasteiger partial charge in [0, 0.05) is 5.41 Å². The van der Waals surface area contributed by atoms with Gasteiger partial charge in [0.1, 0.15) is 0 Å². The Balaban J connectivity index is 2.28. The molecule has 2 rings (SSSR count). The van der Waals surface area contributed by atoms with E-state index in [2.05, 4.69) is 13.8 Å². The van der Waals surface area contributed by atoms with Crippen LogP contribution in [0, 0.1) is 16.7 Å². The molecule has 0 aromatic heterocycles. The molecule has 0 aliphatic heterocycles. The largest absolute Gasteiger partial charge is 0.393 e. The van der Waals surface area contributed by atoms with E-state index in [9.17, 15) is 10.2 Å². The highest BCUT2D eigenvalue weighted by molar-refractivity contribution is 5.09. The van der Waals surface area contributed by atoms with Gasteiger partial charge in [-0.3, -0.25) is 0 Å². The van der Waals surface area contributed by atoms with Crippen molar-refractivity contribution in [3.8, 4) is 0 Å².